The van der Waals surface area contributed by atoms with Gasteiger partial charge >= 0.3 is 7.12 Å². The lowest BCUT2D eigenvalue weighted by atomic mass is 9.73. The molecule has 118 valence electrons. The van der Waals surface area contributed by atoms with E-state index in [1.165, 1.54) is 0 Å². The van der Waals surface area contributed by atoms with Crippen molar-refractivity contribution in [1.29, 1.82) is 0 Å². The second kappa shape index (κ2) is 5.80. The molecule has 0 aromatic carbocycles. The van der Waals surface area contributed by atoms with Crippen molar-refractivity contribution in [3.8, 4) is 0 Å². The summed E-state index contributed by atoms with van der Waals surface area (Å²) in [7, 11) is -0.383. The third-order valence-corrected chi connectivity index (χ3v) is 5.68. The highest BCUT2D eigenvalue weighted by atomic mass is 32.2. The summed E-state index contributed by atoms with van der Waals surface area (Å²) in [6, 6.07) is 0. The lowest BCUT2D eigenvalue weighted by Gasteiger charge is -2.32. The Bertz CT molecular complexity index is 326. The SMILES string of the molecule is CC(C)[C@@H](N[S+]([O-])C(C)(C)C)B1OC(C)(C)C(C)(C)O1. The zero-order chi connectivity index (χ0) is 15.9. The summed E-state index contributed by atoms with van der Waals surface area (Å²) in [5.74, 6) is 0.159. The fourth-order valence-electron chi connectivity index (χ4n) is 1.84. The maximum absolute atomic E-state index is 12.3. The predicted octanol–water partition coefficient (Wildman–Crippen LogP) is 2.69. The molecule has 1 heterocycles. The van der Waals surface area contributed by atoms with E-state index in [0.29, 0.717) is 0 Å². The minimum absolute atomic E-state index is 0.101. The van der Waals surface area contributed by atoms with E-state index in [2.05, 4.69) is 18.6 Å². The second-order valence-electron chi connectivity index (χ2n) is 7.89. The van der Waals surface area contributed by atoms with Crippen LogP contribution in [0.2, 0.25) is 0 Å². The summed E-state index contributed by atoms with van der Waals surface area (Å²) < 4.78 is 27.4. The highest BCUT2D eigenvalue weighted by Gasteiger charge is 2.55. The Hall–Kier alpha value is 0.255. The van der Waals surface area contributed by atoms with Crippen molar-refractivity contribution in [3.05, 3.63) is 0 Å². The van der Waals surface area contributed by atoms with Gasteiger partial charge in [-0.15, -0.1) is 4.72 Å². The standard InChI is InChI=1S/C14H30BNO3S/c1-10(2)11(16-20(17)12(3,4)5)15-18-13(6,7)14(8,9)19-15/h10-11,16H,1-9H3/t11-,20?/m1/s1. The maximum atomic E-state index is 12.3. The first-order chi connectivity index (χ1) is 8.78. The average Bonchev–Trinajstić information content (AvgIpc) is 2.41. The molecular formula is C14H30BNO3S. The Labute approximate surface area is 127 Å². The van der Waals surface area contributed by atoms with Gasteiger partial charge in [-0.2, -0.15) is 0 Å². The summed E-state index contributed by atoms with van der Waals surface area (Å²) in [6.45, 7) is 18.2. The molecule has 0 aromatic rings. The third kappa shape index (κ3) is 3.92. The lowest BCUT2D eigenvalue weighted by Crippen LogP contribution is -2.54. The van der Waals surface area contributed by atoms with E-state index in [1.54, 1.807) is 0 Å². The molecule has 1 N–H and O–H groups in total. The van der Waals surface area contributed by atoms with Crippen LogP contribution in [-0.2, 0) is 20.7 Å². The van der Waals surface area contributed by atoms with Gasteiger partial charge in [0.1, 0.15) is 4.75 Å². The monoisotopic (exact) mass is 303 g/mol. The smallest absolute Gasteiger partial charge is 0.481 e. The van der Waals surface area contributed by atoms with Crippen LogP contribution in [0.3, 0.4) is 0 Å². The average molecular weight is 303 g/mol. The summed E-state index contributed by atoms with van der Waals surface area (Å²) >= 11 is -1.14. The Morgan fingerprint density at radius 3 is 1.75 bits per heavy atom. The van der Waals surface area contributed by atoms with Gasteiger partial charge < -0.3 is 13.9 Å². The molecule has 6 heteroatoms. The molecule has 1 fully saturated rings. The summed E-state index contributed by atoms with van der Waals surface area (Å²) in [5, 5.41) is 0. The van der Waals surface area contributed by atoms with Crippen LogP contribution in [0, 0.1) is 5.92 Å². The molecule has 0 spiro atoms. The second-order valence-corrected chi connectivity index (χ2v) is 9.89. The molecule has 4 nitrogen and oxygen atoms in total. The van der Waals surface area contributed by atoms with E-state index in [4.69, 9.17) is 9.31 Å². The van der Waals surface area contributed by atoms with Crippen molar-refractivity contribution in [2.45, 2.75) is 84.2 Å². The number of rotatable bonds is 4. The lowest BCUT2D eigenvalue weighted by molar-refractivity contribution is 0.00578. The minimum Gasteiger partial charge on any atom is -0.598 e. The van der Waals surface area contributed by atoms with Crippen LogP contribution in [0.4, 0.5) is 0 Å². The Kier molecular flexibility index (Phi) is 5.31. The van der Waals surface area contributed by atoms with Crippen LogP contribution in [0.15, 0.2) is 0 Å². The van der Waals surface area contributed by atoms with Crippen molar-refractivity contribution < 1.29 is 13.9 Å². The minimum atomic E-state index is -1.14. The van der Waals surface area contributed by atoms with E-state index in [9.17, 15) is 4.55 Å². The zero-order valence-corrected chi connectivity index (χ0v) is 15.2. The molecule has 1 rings (SSSR count). The van der Waals surface area contributed by atoms with Gasteiger partial charge in [0.25, 0.3) is 0 Å². The molecule has 1 saturated heterocycles. The maximum Gasteiger partial charge on any atom is 0.481 e. The Morgan fingerprint density at radius 2 is 1.45 bits per heavy atom. The molecular weight excluding hydrogens is 273 g/mol. The highest BCUT2D eigenvalue weighted by molar-refractivity contribution is 7.90. The van der Waals surface area contributed by atoms with Gasteiger partial charge in [-0.05, 0) is 54.4 Å². The van der Waals surface area contributed by atoms with E-state index < -0.39 is 11.4 Å². The normalized spacial score (nSPS) is 25.1. The van der Waals surface area contributed by atoms with Crippen LogP contribution in [0.25, 0.3) is 0 Å². The molecule has 20 heavy (non-hydrogen) atoms. The van der Waals surface area contributed by atoms with Crippen molar-refractivity contribution in [2.75, 3.05) is 0 Å². The highest BCUT2D eigenvalue weighted by Crippen LogP contribution is 2.38. The number of nitrogens with one attached hydrogen (secondary N) is 1. The predicted molar refractivity (Wildman–Crippen MR) is 85.7 cm³/mol. The van der Waals surface area contributed by atoms with Crippen LogP contribution in [-0.4, -0.2) is 33.6 Å². The molecule has 2 atom stereocenters. The fraction of sp³-hybridized carbons (Fsp3) is 1.00. The molecule has 0 aliphatic carbocycles. The van der Waals surface area contributed by atoms with E-state index in [1.807, 2.05) is 48.5 Å². The number of hydrogen-bond donors (Lipinski definition) is 1. The quantitative estimate of drug-likeness (QED) is 0.641. The first-order valence-corrected chi connectivity index (χ1v) is 8.46. The van der Waals surface area contributed by atoms with Gasteiger partial charge in [-0.1, -0.05) is 13.8 Å². The van der Waals surface area contributed by atoms with Gasteiger partial charge in [0.05, 0.1) is 17.1 Å². The molecule has 1 unspecified atom stereocenters. The van der Waals surface area contributed by atoms with Gasteiger partial charge in [0.15, 0.2) is 0 Å². The van der Waals surface area contributed by atoms with Gasteiger partial charge in [0.2, 0.25) is 0 Å². The van der Waals surface area contributed by atoms with E-state index >= 15 is 0 Å². The molecule has 0 radical (unpaired) electrons. The van der Waals surface area contributed by atoms with E-state index in [-0.39, 0.29) is 34.9 Å². The Morgan fingerprint density at radius 1 is 1.05 bits per heavy atom. The first kappa shape index (κ1) is 18.3. The van der Waals surface area contributed by atoms with Crippen molar-refractivity contribution >= 4 is 18.5 Å². The summed E-state index contributed by atoms with van der Waals surface area (Å²) in [5.41, 5.74) is -0.731. The topological polar surface area (TPSA) is 53.5 Å². The van der Waals surface area contributed by atoms with Gasteiger partial charge in [-0.25, -0.2) is 0 Å². The van der Waals surface area contributed by atoms with Gasteiger partial charge in [-0.3, -0.25) is 0 Å². The van der Waals surface area contributed by atoms with E-state index in [0.717, 1.165) is 0 Å². The molecule has 0 bridgehead atoms. The molecule has 0 amide bonds. The van der Waals surface area contributed by atoms with Crippen molar-refractivity contribution in [3.63, 3.8) is 0 Å². The molecule has 0 saturated carbocycles. The number of hydrogen-bond acceptors (Lipinski definition) is 4. The Balaban J connectivity index is 2.85. The third-order valence-electron chi connectivity index (χ3n) is 4.08. The largest absolute Gasteiger partial charge is 0.598 e. The fourth-order valence-corrected chi connectivity index (χ4v) is 2.83. The summed E-state index contributed by atoms with van der Waals surface area (Å²) in [4.78, 5) is 0. The molecule has 0 aromatic heterocycles. The zero-order valence-electron chi connectivity index (χ0n) is 14.4. The van der Waals surface area contributed by atoms with Gasteiger partial charge in [0, 0.05) is 11.4 Å². The van der Waals surface area contributed by atoms with Crippen LogP contribution in [0.1, 0.15) is 62.3 Å². The van der Waals surface area contributed by atoms with Crippen molar-refractivity contribution in [1.82, 2.24) is 4.72 Å². The first-order valence-electron chi connectivity index (χ1n) is 7.31. The molecule has 1 aliphatic heterocycles. The van der Waals surface area contributed by atoms with Crippen LogP contribution < -0.4 is 4.72 Å². The van der Waals surface area contributed by atoms with Crippen molar-refractivity contribution in [2.24, 2.45) is 5.92 Å². The van der Waals surface area contributed by atoms with Crippen LogP contribution >= 0.6 is 0 Å². The van der Waals surface area contributed by atoms with Crippen LogP contribution in [0.5, 0.6) is 0 Å². The molecule has 1 aliphatic rings. The summed E-state index contributed by atoms with van der Waals surface area (Å²) in [6.07, 6.45) is 0.